The van der Waals surface area contributed by atoms with Gasteiger partial charge in [-0.05, 0) is 61.2 Å². The zero-order valence-electron chi connectivity index (χ0n) is 15.0. The molecule has 1 aromatic heterocycles. The molecule has 4 nitrogen and oxygen atoms in total. The summed E-state index contributed by atoms with van der Waals surface area (Å²) in [5.41, 5.74) is 6.10. The number of carbonyl (C=O) groups is 1. The Morgan fingerprint density at radius 2 is 1.80 bits per heavy atom. The molecule has 0 spiro atoms. The molecule has 0 aliphatic carbocycles. The molecule has 0 saturated carbocycles. The highest BCUT2D eigenvalue weighted by Gasteiger charge is 2.13. The first-order valence-electron chi connectivity index (χ1n) is 8.78. The average Bonchev–Trinajstić information content (AvgIpc) is 2.90. The molecule has 0 aliphatic rings. The minimum Gasteiger partial charge on any atom is -0.478 e. The van der Waals surface area contributed by atoms with E-state index < -0.39 is 5.97 Å². The smallest absolute Gasteiger partial charge is 0.335 e. The van der Waals surface area contributed by atoms with E-state index in [1.54, 1.807) is 12.1 Å². The van der Waals surface area contributed by atoms with E-state index in [2.05, 4.69) is 37.5 Å². The minimum atomic E-state index is -0.894. The van der Waals surface area contributed by atoms with Gasteiger partial charge >= 0.3 is 5.97 Å². The van der Waals surface area contributed by atoms with Gasteiger partial charge in [0.15, 0.2) is 0 Å². The van der Waals surface area contributed by atoms with E-state index in [1.165, 1.54) is 11.1 Å². The first-order valence-corrected chi connectivity index (χ1v) is 8.78. The third-order valence-electron chi connectivity index (χ3n) is 4.74. The molecule has 3 aromatic rings. The lowest BCUT2D eigenvalue weighted by molar-refractivity contribution is 0.0697. The first kappa shape index (κ1) is 17.2. The van der Waals surface area contributed by atoms with Crippen LogP contribution in [0.4, 0.5) is 0 Å². The van der Waals surface area contributed by atoms with Crippen LogP contribution >= 0.6 is 0 Å². The van der Waals surface area contributed by atoms with Crippen molar-refractivity contribution in [3.63, 3.8) is 0 Å². The Bertz CT molecular complexity index is 908. The van der Waals surface area contributed by atoms with Crippen LogP contribution in [-0.4, -0.2) is 20.6 Å². The van der Waals surface area contributed by atoms with Crippen LogP contribution in [-0.2, 0) is 13.0 Å². The lowest BCUT2D eigenvalue weighted by atomic mass is 10.1. The van der Waals surface area contributed by atoms with E-state index in [-0.39, 0.29) is 0 Å². The van der Waals surface area contributed by atoms with Gasteiger partial charge < -0.3 is 9.67 Å². The quantitative estimate of drug-likeness (QED) is 0.707. The largest absolute Gasteiger partial charge is 0.478 e. The van der Waals surface area contributed by atoms with E-state index in [0.717, 1.165) is 41.7 Å². The van der Waals surface area contributed by atoms with Crippen molar-refractivity contribution in [1.29, 1.82) is 0 Å². The van der Waals surface area contributed by atoms with Gasteiger partial charge in [0.05, 0.1) is 16.6 Å². The zero-order valence-corrected chi connectivity index (χ0v) is 15.0. The van der Waals surface area contributed by atoms with Crippen LogP contribution in [0.3, 0.4) is 0 Å². The number of benzene rings is 2. The van der Waals surface area contributed by atoms with Crippen molar-refractivity contribution in [3.8, 4) is 0 Å². The maximum atomic E-state index is 11.0. The lowest BCUT2D eigenvalue weighted by Crippen LogP contribution is -2.06. The summed E-state index contributed by atoms with van der Waals surface area (Å²) in [7, 11) is 0. The number of aryl methyl sites for hydroxylation is 3. The van der Waals surface area contributed by atoms with Crippen molar-refractivity contribution < 1.29 is 9.90 Å². The molecule has 0 fully saturated rings. The fourth-order valence-electron chi connectivity index (χ4n) is 3.07. The molecule has 3 rings (SSSR count). The van der Waals surface area contributed by atoms with Crippen molar-refractivity contribution >= 4 is 17.0 Å². The van der Waals surface area contributed by atoms with Crippen LogP contribution in [0.15, 0.2) is 36.4 Å². The number of aromatic carboxylic acids is 1. The van der Waals surface area contributed by atoms with Crippen molar-refractivity contribution in [2.24, 2.45) is 0 Å². The van der Waals surface area contributed by atoms with Crippen molar-refractivity contribution in [3.05, 3.63) is 64.5 Å². The second kappa shape index (κ2) is 7.09. The highest BCUT2D eigenvalue weighted by atomic mass is 16.4. The van der Waals surface area contributed by atoms with E-state index in [0.29, 0.717) is 12.1 Å². The summed E-state index contributed by atoms with van der Waals surface area (Å²) in [6.45, 7) is 7.13. The molecule has 0 saturated heterocycles. The molecule has 0 bridgehead atoms. The van der Waals surface area contributed by atoms with Gasteiger partial charge in [0.2, 0.25) is 0 Å². The van der Waals surface area contributed by atoms with Crippen LogP contribution in [0.25, 0.3) is 11.0 Å². The van der Waals surface area contributed by atoms with Gasteiger partial charge in [-0.3, -0.25) is 0 Å². The topological polar surface area (TPSA) is 55.1 Å². The number of carboxylic acid groups (broad SMARTS) is 1. The monoisotopic (exact) mass is 336 g/mol. The number of fused-ring (bicyclic) bond motifs is 1. The predicted octanol–water partition coefficient (Wildman–Crippen LogP) is 4.74. The first-order chi connectivity index (χ1) is 12.0. The lowest BCUT2D eigenvalue weighted by Gasteiger charge is -2.10. The van der Waals surface area contributed by atoms with E-state index in [9.17, 15) is 4.79 Å². The summed E-state index contributed by atoms with van der Waals surface area (Å²) in [4.78, 5) is 15.9. The fourth-order valence-corrected chi connectivity index (χ4v) is 3.07. The van der Waals surface area contributed by atoms with Crippen molar-refractivity contribution in [2.45, 2.75) is 46.6 Å². The van der Waals surface area contributed by atoms with Gasteiger partial charge in [-0.2, -0.15) is 0 Å². The highest BCUT2D eigenvalue weighted by Crippen LogP contribution is 2.23. The highest BCUT2D eigenvalue weighted by molar-refractivity contribution is 5.87. The van der Waals surface area contributed by atoms with Gasteiger partial charge in [-0.1, -0.05) is 25.5 Å². The molecule has 0 aliphatic heterocycles. The Balaban J connectivity index is 2.02. The van der Waals surface area contributed by atoms with Gasteiger partial charge in [0, 0.05) is 13.0 Å². The summed E-state index contributed by atoms with van der Waals surface area (Å²) in [5.74, 6) is 0.207. The Morgan fingerprint density at radius 1 is 1.12 bits per heavy atom. The Morgan fingerprint density at radius 3 is 2.44 bits per heavy atom. The molecule has 130 valence electrons. The van der Waals surface area contributed by atoms with Crippen molar-refractivity contribution in [1.82, 2.24) is 9.55 Å². The summed E-state index contributed by atoms with van der Waals surface area (Å²) in [6, 6.07) is 11.5. The summed E-state index contributed by atoms with van der Waals surface area (Å²) in [5, 5.41) is 9.06. The van der Waals surface area contributed by atoms with Crippen LogP contribution in [0.5, 0.6) is 0 Å². The number of unbranched alkanes of at least 4 members (excludes halogenated alkanes) is 1. The fraction of sp³-hybridized carbons (Fsp3) is 0.333. The van der Waals surface area contributed by atoms with Gasteiger partial charge in [-0.25, -0.2) is 9.78 Å². The van der Waals surface area contributed by atoms with Crippen LogP contribution in [0.2, 0.25) is 0 Å². The Hall–Kier alpha value is -2.62. The number of hydrogen-bond donors (Lipinski definition) is 1. The molecule has 0 atom stereocenters. The Labute approximate surface area is 148 Å². The maximum absolute atomic E-state index is 11.0. The van der Waals surface area contributed by atoms with E-state index >= 15 is 0 Å². The maximum Gasteiger partial charge on any atom is 0.335 e. The molecule has 25 heavy (non-hydrogen) atoms. The third kappa shape index (κ3) is 3.58. The average molecular weight is 336 g/mol. The van der Waals surface area contributed by atoms with Gasteiger partial charge in [0.25, 0.3) is 0 Å². The summed E-state index contributed by atoms with van der Waals surface area (Å²) >= 11 is 0. The van der Waals surface area contributed by atoms with E-state index in [1.807, 2.05) is 12.1 Å². The molecule has 0 amide bonds. The second-order valence-electron chi connectivity index (χ2n) is 6.64. The molecule has 1 N–H and O–H groups in total. The Kier molecular flexibility index (Phi) is 4.88. The minimum absolute atomic E-state index is 0.317. The number of rotatable bonds is 6. The normalized spacial score (nSPS) is 11.2. The molecular weight excluding hydrogens is 312 g/mol. The van der Waals surface area contributed by atoms with E-state index in [4.69, 9.17) is 10.1 Å². The van der Waals surface area contributed by atoms with Crippen molar-refractivity contribution in [2.75, 3.05) is 0 Å². The van der Waals surface area contributed by atoms with Gasteiger partial charge in [-0.15, -0.1) is 0 Å². The molecule has 2 aromatic carbocycles. The van der Waals surface area contributed by atoms with Crippen LogP contribution in [0, 0.1) is 13.8 Å². The number of hydrogen-bond acceptors (Lipinski definition) is 2. The molecule has 1 heterocycles. The number of imidazole rings is 1. The SMILES string of the molecule is CCCCc1nc2cc(C)c(C)cc2n1Cc1ccc(C(=O)O)cc1. The van der Waals surface area contributed by atoms with Crippen LogP contribution in [0.1, 0.15) is 52.6 Å². The summed E-state index contributed by atoms with van der Waals surface area (Å²) < 4.78 is 2.27. The number of carboxylic acids is 1. The number of nitrogens with zero attached hydrogens (tertiary/aromatic N) is 2. The summed E-state index contributed by atoms with van der Waals surface area (Å²) in [6.07, 6.45) is 3.20. The third-order valence-corrected chi connectivity index (χ3v) is 4.74. The molecule has 4 heteroatoms. The molecule has 0 radical (unpaired) electrons. The standard InChI is InChI=1S/C21H24N2O2/c1-4-5-6-20-22-18-11-14(2)15(3)12-19(18)23(20)13-16-7-9-17(10-8-16)21(24)25/h7-12H,4-6,13H2,1-3H3,(H,24,25). The second-order valence-corrected chi connectivity index (χ2v) is 6.64. The zero-order chi connectivity index (χ0) is 18.0. The molecule has 0 unspecified atom stereocenters. The van der Waals surface area contributed by atoms with Gasteiger partial charge in [0.1, 0.15) is 5.82 Å². The molecular formula is C21H24N2O2. The number of aromatic nitrogens is 2. The van der Waals surface area contributed by atoms with Crippen LogP contribution < -0.4 is 0 Å². The predicted molar refractivity (Wildman–Crippen MR) is 100 cm³/mol.